The summed E-state index contributed by atoms with van der Waals surface area (Å²) >= 11 is 0. The van der Waals surface area contributed by atoms with Gasteiger partial charge >= 0.3 is 6.03 Å². The zero-order valence-corrected chi connectivity index (χ0v) is 14.8. The summed E-state index contributed by atoms with van der Waals surface area (Å²) in [6.45, 7) is 0.590. The van der Waals surface area contributed by atoms with Crippen LogP contribution in [0.3, 0.4) is 0 Å². The molecule has 0 saturated heterocycles. The minimum absolute atomic E-state index is 0.206. The van der Waals surface area contributed by atoms with Crippen LogP contribution in [0, 0.1) is 0 Å². The number of nitrogens with zero attached hydrogens (tertiary/aromatic N) is 1. The van der Waals surface area contributed by atoms with Crippen molar-refractivity contribution in [3.63, 3.8) is 0 Å². The van der Waals surface area contributed by atoms with Crippen molar-refractivity contribution in [1.29, 1.82) is 0 Å². The Morgan fingerprint density at radius 3 is 2.41 bits per heavy atom. The van der Waals surface area contributed by atoms with E-state index in [2.05, 4.69) is 32.7 Å². The number of hydrogen-bond donors (Lipinski definition) is 3. The number of nitrogens with one attached hydrogen (secondary N) is 3. The van der Waals surface area contributed by atoms with Gasteiger partial charge in [-0.1, -0.05) is 42.5 Å². The lowest BCUT2D eigenvalue weighted by Gasteiger charge is -2.08. The number of hydrogen-bond acceptors (Lipinski definition) is 2. The van der Waals surface area contributed by atoms with Crippen LogP contribution >= 0.6 is 0 Å². The third-order valence-corrected chi connectivity index (χ3v) is 4.35. The molecule has 0 aliphatic rings. The molecule has 3 aromatic carbocycles. The molecule has 0 unspecified atom stereocenters. The van der Waals surface area contributed by atoms with E-state index in [1.165, 1.54) is 5.56 Å². The number of carbonyl (C=O) groups is 1. The highest BCUT2D eigenvalue weighted by molar-refractivity contribution is 5.89. The van der Waals surface area contributed by atoms with E-state index >= 15 is 0 Å². The maximum absolute atomic E-state index is 12.0. The van der Waals surface area contributed by atoms with Crippen LogP contribution in [0.2, 0.25) is 0 Å². The van der Waals surface area contributed by atoms with Gasteiger partial charge in [0.2, 0.25) is 0 Å². The molecule has 0 radical (unpaired) electrons. The van der Waals surface area contributed by atoms with Gasteiger partial charge in [0, 0.05) is 17.8 Å². The Kier molecular flexibility index (Phi) is 4.83. The van der Waals surface area contributed by atoms with Gasteiger partial charge in [0.1, 0.15) is 5.82 Å². The van der Waals surface area contributed by atoms with Crippen molar-refractivity contribution in [3.8, 4) is 11.4 Å². The number of urea groups is 1. The Labute approximate surface area is 157 Å². The van der Waals surface area contributed by atoms with Crippen molar-refractivity contribution < 1.29 is 4.79 Å². The lowest BCUT2D eigenvalue weighted by atomic mass is 10.1. The molecule has 0 spiro atoms. The van der Waals surface area contributed by atoms with Crippen LogP contribution in [-0.4, -0.2) is 22.5 Å². The fourth-order valence-electron chi connectivity index (χ4n) is 2.94. The quantitative estimate of drug-likeness (QED) is 0.489. The maximum atomic E-state index is 12.0. The van der Waals surface area contributed by atoms with Crippen LogP contribution in [0.4, 0.5) is 10.5 Å². The molecule has 0 saturated carbocycles. The van der Waals surface area contributed by atoms with Crippen LogP contribution in [0.5, 0.6) is 0 Å². The van der Waals surface area contributed by atoms with Crippen molar-refractivity contribution in [2.45, 2.75) is 6.42 Å². The van der Waals surface area contributed by atoms with Crippen LogP contribution in [-0.2, 0) is 6.42 Å². The largest absolute Gasteiger partial charge is 0.338 e. The molecule has 0 aliphatic carbocycles. The van der Waals surface area contributed by atoms with E-state index in [1.807, 2.05) is 66.7 Å². The molecule has 1 heterocycles. The second-order valence-corrected chi connectivity index (χ2v) is 6.30. The van der Waals surface area contributed by atoms with E-state index in [1.54, 1.807) is 0 Å². The van der Waals surface area contributed by atoms with Gasteiger partial charge in [-0.25, -0.2) is 9.78 Å². The standard InChI is InChI=1S/C22H20N4O/c27-22(23-15-14-16-6-2-1-3-7-16)24-18-12-10-17(11-13-18)21-25-19-8-4-5-9-20(19)26-21/h1-13H,14-15H2,(H,25,26)(H2,23,24,27). The Morgan fingerprint density at radius 1 is 0.889 bits per heavy atom. The van der Waals surface area contributed by atoms with E-state index in [-0.39, 0.29) is 6.03 Å². The number of rotatable bonds is 5. The maximum Gasteiger partial charge on any atom is 0.319 e. The summed E-state index contributed by atoms with van der Waals surface area (Å²) in [6, 6.07) is 25.4. The Bertz CT molecular complexity index is 1010. The van der Waals surface area contributed by atoms with Crippen molar-refractivity contribution >= 4 is 22.8 Å². The van der Waals surface area contributed by atoms with Gasteiger partial charge in [-0.05, 0) is 48.4 Å². The van der Waals surface area contributed by atoms with E-state index in [9.17, 15) is 4.79 Å². The third kappa shape index (κ3) is 4.15. The highest BCUT2D eigenvalue weighted by Gasteiger charge is 2.06. The third-order valence-electron chi connectivity index (χ3n) is 4.35. The first-order valence-corrected chi connectivity index (χ1v) is 8.92. The summed E-state index contributed by atoms with van der Waals surface area (Å²) in [7, 11) is 0. The van der Waals surface area contributed by atoms with Gasteiger partial charge in [0.15, 0.2) is 0 Å². The molecule has 1 aromatic heterocycles. The molecule has 3 N–H and O–H groups in total. The topological polar surface area (TPSA) is 69.8 Å². The second-order valence-electron chi connectivity index (χ2n) is 6.30. The molecule has 0 atom stereocenters. The molecule has 4 rings (SSSR count). The first kappa shape index (κ1) is 16.8. The Hall–Kier alpha value is -3.60. The van der Waals surface area contributed by atoms with Gasteiger partial charge in [-0.3, -0.25) is 0 Å². The van der Waals surface area contributed by atoms with Crippen LogP contribution in [0.1, 0.15) is 5.56 Å². The molecule has 2 amide bonds. The SMILES string of the molecule is O=C(NCCc1ccccc1)Nc1ccc(-c2nc3ccccc3[nH]2)cc1. The molecule has 0 fully saturated rings. The van der Waals surface area contributed by atoms with Gasteiger partial charge in [0.25, 0.3) is 0 Å². The number of amides is 2. The van der Waals surface area contributed by atoms with E-state index in [4.69, 9.17) is 0 Å². The number of para-hydroxylation sites is 2. The highest BCUT2D eigenvalue weighted by atomic mass is 16.2. The predicted octanol–water partition coefficient (Wildman–Crippen LogP) is 4.59. The predicted molar refractivity (Wildman–Crippen MR) is 109 cm³/mol. The summed E-state index contributed by atoms with van der Waals surface area (Å²) in [5, 5.41) is 5.73. The second kappa shape index (κ2) is 7.74. The molecular weight excluding hydrogens is 336 g/mol. The molecule has 0 aliphatic heterocycles. The normalized spacial score (nSPS) is 10.7. The highest BCUT2D eigenvalue weighted by Crippen LogP contribution is 2.21. The van der Waals surface area contributed by atoms with Crippen molar-refractivity contribution in [2.24, 2.45) is 0 Å². The smallest absolute Gasteiger partial charge is 0.319 e. The number of carbonyl (C=O) groups excluding carboxylic acids is 1. The van der Waals surface area contributed by atoms with Crippen molar-refractivity contribution in [1.82, 2.24) is 15.3 Å². The fraction of sp³-hybridized carbons (Fsp3) is 0.0909. The molecule has 134 valence electrons. The summed E-state index contributed by atoms with van der Waals surface area (Å²) in [5.41, 5.74) is 4.86. The first-order valence-electron chi connectivity index (χ1n) is 8.92. The first-order chi connectivity index (χ1) is 13.3. The van der Waals surface area contributed by atoms with Crippen LogP contribution in [0.25, 0.3) is 22.4 Å². The lowest BCUT2D eigenvalue weighted by Crippen LogP contribution is -2.30. The number of aromatic amines is 1. The zero-order valence-electron chi connectivity index (χ0n) is 14.8. The van der Waals surface area contributed by atoms with E-state index in [0.717, 1.165) is 34.5 Å². The van der Waals surface area contributed by atoms with Gasteiger partial charge in [0.05, 0.1) is 11.0 Å². The van der Waals surface area contributed by atoms with Crippen molar-refractivity contribution in [3.05, 3.63) is 84.4 Å². The molecule has 0 bridgehead atoms. The van der Waals surface area contributed by atoms with Crippen LogP contribution in [0.15, 0.2) is 78.9 Å². The number of benzene rings is 3. The average molecular weight is 356 g/mol. The minimum atomic E-state index is -0.206. The van der Waals surface area contributed by atoms with Gasteiger partial charge in [-0.2, -0.15) is 0 Å². The molecule has 5 nitrogen and oxygen atoms in total. The number of imidazole rings is 1. The summed E-state index contributed by atoms with van der Waals surface area (Å²) in [5.74, 6) is 0.815. The number of fused-ring (bicyclic) bond motifs is 1. The summed E-state index contributed by atoms with van der Waals surface area (Å²) in [4.78, 5) is 19.9. The zero-order chi connectivity index (χ0) is 18.5. The number of anilines is 1. The monoisotopic (exact) mass is 356 g/mol. The Morgan fingerprint density at radius 2 is 1.63 bits per heavy atom. The van der Waals surface area contributed by atoms with E-state index in [0.29, 0.717) is 6.54 Å². The average Bonchev–Trinajstić information content (AvgIpc) is 3.13. The number of H-pyrrole nitrogens is 1. The van der Waals surface area contributed by atoms with Gasteiger partial charge < -0.3 is 15.6 Å². The van der Waals surface area contributed by atoms with E-state index < -0.39 is 0 Å². The Balaban J connectivity index is 1.34. The van der Waals surface area contributed by atoms with Crippen LogP contribution < -0.4 is 10.6 Å². The minimum Gasteiger partial charge on any atom is -0.338 e. The molecule has 5 heteroatoms. The molecule has 27 heavy (non-hydrogen) atoms. The molecule has 4 aromatic rings. The van der Waals surface area contributed by atoms with Gasteiger partial charge in [-0.15, -0.1) is 0 Å². The molecular formula is C22H20N4O. The summed E-state index contributed by atoms with van der Waals surface area (Å²) < 4.78 is 0. The lowest BCUT2D eigenvalue weighted by molar-refractivity contribution is 0.252. The number of aromatic nitrogens is 2. The fourth-order valence-corrected chi connectivity index (χ4v) is 2.94. The van der Waals surface area contributed by atoms with Crippen molar-refractivity contribution in [2.75, 3.05) is 11.9 Å². The summed E-state index contributed by atoms with van der Waals surface area (Å²) in [6.07, 6.45) is 0.805.